The number of ether oxygens (including phenoxy) is 1. The smallest absolute Gasteiger partial charge is 0.168 e. The molecule has 1 N–H and O–H groups in total. The highest BCUT2D eigenvalue weighted by molar-refractivity contribution is 6.17. The first-order chi connectivity index (χ1) is 8.83. The minimum atomic E-state index is 0.529. The zero-order valence-electron chi connectivity index (χ0n) is 10.2. The van der Waals surface area contributed by atoms with Gasteiger partial charge in [0.1, 0.15) is 0 Å². The van der Waals surface area contributed by atoms with Crippen molar-refractivity contribution < 1.29 is 4.74 Å². The fraction of sp³-hybridized carbons (Fsp3) is 0.214. The van der Waals surface area contributed by atoms with Gasteiger partial charge in [-0.25, -0.2) is 4.98 Å². The lowest BCUT2D eigenvalue weighted by Gasteiger charge is -2.10. The van der Waals surface area contributed by atoms with Crippen LogP contribution < -0.4 is 10.1 Å². The highest BCUT2D eigenvalue weighted by Crippen LogP contribution is 2.20. The number of nitrogens with zero attached hydrogens (tertiary/aromatic N) is 1. The molecule has 0 aliphatic heterocycles. The maximum atomic E-state index is 5.81. The molecule has 1 aromatic carbocycles. The first-order valence-electron chi connectivity index (χ1n) is 5.70. The average Bonchev–Trinajstić information content (AvgIpc) is 2.45. The van der Waals surface area contributed by atoms with Gasteiger partial charge in [0.15, 0.2) is 11.6 Å². The van der Waals surface area contributed by atoms with E-state index in [1.54, 1.807) is 13.3 Å². The maximum Gasteiger partial charge on any atom is 0.168 e. The summed E-state index contributed by atoms with van der Waals surface area (Å²) in [6.45, 7) is 0.693. The fourth-order valence-electron chi connectivity index (χ4n) is 1.70. The van der Waals surface area contributed by atoms with Crippen LogP contribution in [0.5, 0.6) is 5.75 Å². The number of methoxy groups -OCH3 is 1. The number of anilines is 1. The SMILES string of the molecule is COc1cccnc1NCc1cccc(CCl)c1. The lowest BCUT2D eigenvalue weighted by molar-refractivity contribution is 0.415. The Hall–Kier alpha value is -1.74. The van der Waals surface area contributed by atoms with E-state index in [1.807, 2.05) is 24.3 Å². The van der Waals surface area contributed by atoms with Crippen molar-refractivity contribution in [1.29, 1.82) is 0 Å². The molecule has 1 aromatic heterocycles. The molecular weight excluding hydrogens is 248 g/mol. The van der Waals surface area contributed by atoms with E-state index in [0.29, 0.717) is 12.4 Å². The lowest BCUT2D eigenvalue weighted by Crippen LogP contribution is -2.03. The minimum Gasteiger partial charge on any atom is -0.493 e. The molecule has 1 heterocycles. The largest absolute Gasteiger partial charge is 0.493 e. The quantitative estimate of drug-likeness (QED) is 0.838. The van der Waals surface area contributed by atoms with E-state index in [1.165, 1.54) is 5.56 Å². The summed E-state index contributed by atoms with van der Waals surface area (Å²) in [6, 6.07) is 11.9. The first kappa shape index (κ1) is 12.7. The van der Waals surface area contributed by atoms with Crippen molar-refractivity contribution in [1.82, 2.24) is 4.98 Å². The molecule has 18 heavy (non-hydrogen) atoms. The zero-order valence-corrected chi connectivity index (χ0v) is 10.9. The van der Waals surface area contributed by atoms with E-state index >= 15 is 0 Å². The van der Waals surface area contributed by atoms with Gasteiger partial charge >= 0.3 is 0 Å². The molecule has 0 bridgehead atoms. The van der Waals surface area contributed by atoms with Crippen LogP contribution in [0.3, 0.4) is 0 Å². The molecule has 0 amide bonds. The zero-order chi connectivity index (χ0) is 12.8. The number of hydrogen-bond donors (Lipinski definition) is 1. The predicted molar refractivity (Wildman–Crippen MR) is 74.1 cm³/mol. The van der Waals surface area contributed by atoms with Gasteiger partial charge in [0.25, 0.3) is 0 Å². The molecule has 3 nitrogen and oxygen atoms in total. The second-order valence-electron chi connectivity index (χ2n) is 3.86. The summed E-state index contributed by atoms with van der Waals surface area (Å²) in [6.07, 6.45) is 1.74. The van der Waals surface area contributed by atoms with Gasteiger partial charge in [-0.2, -0.15) is 0 Å². The topological polar surface area (TPSA) is 34.1 Å². The number of hydrogen-bond acceptors (Lipinski definition) is 3. The highest BCUT2D eigenvalue weighted by Gasteiger charge is 2.02. The lowest BCUT2D eigenvalue weighted by atomic mass is 10.1. The Morgan fingerprint density at radius 2 is 2.06 bits per heavy atom. The molecule has 4 heteroatoms. The summed E-state index contributed by atoms with van der Waals surface area (Å²) in [5.41, 5.74) is 2.28. The van der Waals surface area contributed by atoms with Crippen molar-refractivity contribution in [3.63, 3.8) is 0 Å². The van der Waals surface area contributed by atoms with E-state index in [0.717, 1.165) is 17.1 Å². The van der Waals surface area contributed by atoms with Gasteiger partial charge in [-0.1, -0.05) is 24.3 Å². The van der Waals surface area contributed by atoms with Crippen molar-refractivity contribution in [2.75, 3.05) is 12.4 Å². The summed E-state index contributed by atoms with van der Waals surface area (Å²) in [5.74, 6) is 2.02. The first-order valence-corrected chi connectivity index (χ1v) is 6.23. The Balaban J connectivity index is 2.06. The van der Waals surface area contributed by atoms with E-state index in [2.05, 4.69) is 22.4 Å². The third-order valence-corrected chi connectivity index (χ3v) is 2.90. The second-order valence-corrected chi connectivity index (χ2v) is 4.13. The molecule has 0 aliphatic carbocycles. The van der Waals surface area contributed by atoms with Crippen LogP contribution in [0.4, 0.5) is 5.82 Å². The van der Waals surface area contributed by atoms with Crippen LogP contribution >= 0.6 is 11.6 Å². The number of alkyl halides is 1. The molecule has 2 aromatic rings. The average molecular weight is 263 g/mol. The van der Waals surface area contributed by atoms with E-state index < -0.39 is 0 Å². The molecular formula is C14H15ClN2O. The monoisotopic (exact) mass is 262 g/mol. The van der Waals surface area contributed by atoms with Crippen molar-refractivity contribution in [3.8, 4) is 5.75 Å². The van der Waals surface area contributed by atoms with Crippen LogP contribution in [0, 0.1) is 0 Å². The summed E-state index contributed by atoms with van der Waals surface area (Å²) in [4.78, 5) is 4.25. The molecule has 0 aliphatic rings. The third-order valence-electron chi connectivity index (χ3n) is 2.60. The number of benzene rings is 1. The number of rotatable bonds is 5. The molecule has 0 fully saturated rings. The van der Waals surface area contributed by atoms with Crippen LogP contribution in [0.1, 0.15) is 11.1 Å². The van der Waals surface area contributed by atoms with Gasteiger partial charge in [-0.05, 0) is 23.3 Å². The molecule has 0 saturated carbocycles. The highest BCUT2D eigenvalue weighted by atomic mass is 35.5. The van der Waals surface area contributed by atoms with Gasteiger partial charge in [0.2, 0.25) is 0 Å². The second kappa shape index (κ2) is 6.26. The molecule has 0 unspecified atom stereocenters. The standard InChI is InChI=1S/C14H15ClN2O/c1-18-13-6-3-7-16-14(13)17-10-12-5-2-4-11(8-12)9-15/h2-8H,9-10H2,1H3,(H,16,17). The summed E-state index contributed by atoms with van der Waals surface area (Å²) < 4.78 is 5.23. The van der Waals surface area contributed by atoms with Crippen molar-refractivity contribution in [2.45, 2.75) is 12.4 Å². The Kier molecular flexibility index (Phi) is 4.42. The van der Waals surface area contributed by atoms with Gasteiger partial charge in [-0.3, -0.25) is 0 Å². The van der Waals surface area contributed by atoms with Crippen LogP contribution in [-0.4, -0.2) is 12.1 Å². The Labute approximate surface area is 112 Å². The van der Waals surface area contributed by atoms with Crippen molar-refractivity contribution in [2.24, 2.45) is 0 Å². The van der Waals surface area contributed by atoms with Crippen LogP contribution in [0.15, 0.2) is 42.6 Å². The number of halogens is 1. The maximum absolute atomic E-state index is 5.81. The van der Waals surface area contributed by atoms with Crippen LogP contribution in [0.2, 0.25) is 0 Å². The number of aromatic nitrogens is 1. The fourth-order valence-corrected chi connectivity index (χ4v) is 1.86. The molecule has 94 valence electrons. The van der Waals surface area contributed by atoms with Crippen LogP contribution in [-0.2, 0) is 12.4 Å². The third kappa shape index (κ3) is 3.14. The molecule has 2 rings (SSSR count). The summed E-state index contributed by atoms with van der Waals surface area (Å²) >= 11 is 5.81. The molecule has 0 spiro atoms. The van der Waals surface area contributed by atoms with Gasteiger partial charge < -0.3 is 10.1 Å². The van der Waals surface area contributed by atoms with Crippen LogP contribution in [0.25, 0.3) is 0 Å². The number of nitrogens with one attached hydrogen (secondary N) is 1. The number of pyridine rings is 1. The Morgan fingerprint density at radius 1 is 1.22 bits per heavy atom. The Morgan fingerprint density at radius 3 is 2.83 bits per heavy atom. The predicted octanol–water partition coefficient (Wildman–Crippen LogP) is 3.44. The van der Waals surface area contributed by atoms with Gasteiger partial charge in [0.05, 0.1) is 7.11 Å². The van der Waals surface area contributed by atoms with Crippen molar-refractivity contribution >= 4 is 17.4 Å². The van der Waals surface area contributed by atoms with E-state index in [-0.39, 0.29) is 0 Å². The summed E-state index contributed by atoms with van der Waals surface area (Å²) in [7, 11) is 1.64. The minimum absolute atomic E-state index is 0.529. The normalized spacial score (nSPS) is 10.1. The summed E-state index contributed by atoms with van der Waals surface area (Å²) in [5, 5.41) is 3.25. The molecule has 0 radical (unpaired) electrons. The van der Waals surface area contributed by atoms with Gasteiger partial charge in [0, 0.05) is 18.6 Å². The van der Waals surface area contributed by atoms with Crippen molar-refractivity contribution in [3.05, 3.63) is 53.7 Å². The van der Waals surface area contributed by atoms with E-state index in [4.69, 9.17) is 16.3 Å². The molecule has 0 atom stereocenters. The van der Waals surface area contributed by atoms with Gasteiger partial charge in [-0.15, -0.1) is 11.6 Å². The Bertz CT molecular complexity index is 517. The van der Waals surface area contributed by atoms with E-state index in [9.17, 15) is 0 Å². The molecule has 0 saturated heterocycles.